The largest absolute Gasteiger partial charge is 0.411 e. The van der Waals surface area contributed by atoms with Crippen LogP contribution in [0.3, 0.4) is 0 Å². The molecule has 0 bridgehead atoms. The fraction of sp³-hybridized carbons (Fsp3) is 0.909. The number of nitrogens with one attached hydrogen (secondary N) is 1. The number of hydrogen-bond donors (Lipinski definition) is 2. The minimum atomic E-state index is -4.40. The highest BCUT2D eigenvalue weighted by atomic mass is 19.4. The van der Waals surface area contributed by atoms with Gasteiger partial charge in [-0.05, 0) is 18.8 Å². The maximum atomic E-state index is 11.8. The molecular weight excluding hydrogens is 249 g/mol. The third kappa shape index (κ3) is 5.68. The topological polar surface area (TPSA) is 64.3 Å². The summed E-state index contributed by atoms with van der Waals surface area (Å²) in [6.07, 6.45) is -0.167. The van der Waals surface area contributed by atoms with Crippen LogP contribution in [-0.2, 0) is 9.53 Å². The Morgan fingerprint density at radius 3 is 2.50 bits per heavy atom. The van der Waals surface area contributed by atoms with E-state index < -0.39 is 25.3 Å². The predicted octanol–water partition coefficient (Wildman–Crippen LogP) is 1.20. The highest BCUT2D eigenvalue weighted by molar-refractivity contribution is 5.77. The van der Waals surface area contributed by atoms with Gasteiger partial charge in [-0.2, -0.15) is 13.2 Å². The van der Waals surface area contributed by atoms with Crippen LogP contribution in [-0.4, -0.2) is 37.9 Å². The molecule has 1 aliphatic rings. The van der Waals surface area contributed by atoms with Crippen molar-refractivity contribution in [1.82, 2.24) is 5.32 Å². The van der Waals surface area contributed by atoms with Gasteiger partial charge in [0.15, 0.2) is 0 Å². The lowest BCUT2D eigenvalue weighted by Crippen LogP contribution is -2.46. The molecule has 0 radical (unpaired) electrons. The van der Waals surface area contributed by atoms with Gasteiger partial charge in [-0.25, -0.2) is 0 Å². The SMILES string of the molecule is NCC(NC(=O)COCC(F)(F)F)C1CCCC1. The summed E-state index contributed by atoms with van der Waals surface area (Å²) in [5.41, 5.74) is 5.56. The number of amides is 1. The second-order valence-electron chi connectivity index (χ2n) is 4.56. The number of hydrogen-bond acceptors (Lipinski definition) is 3. The molecule has 7 heteroatoms. The standard InChI is InChI=1S/C11H19F3N2O2/c12-11(13,14)7-18-6-10(17)16-9(5-15)8-3-1-2-4-8/h8-9H,1-7,15H2,(H,16,17). The first-order chi connectivity index (χ1) is 8.42. The predicted molar refractivity (Wildman–Crippen MR) is 59.8 cm³/mol. The Labute approximate surface area is 104 Å². The van der Waals surface area contributed by atoms with Crippen molar-refractivity contribution in [2.45, 2.75) is 37.9 Å². The van der Waals surface area contributed by atoms with E-state index in [1.54, 1.807) is 0 Å². The molecule has 1 aliphatic carbocycles. The molecule has 0 aromatic rings. The first kappa shape index (κ1) is 15.2. The molecule has 1 saturated carbocycles. The van der Waals surface area contributed by atoms with Crippen molar-refractivity contribution in [3.63, 3.8) is 0 Å². The van der Waals surface area contributed by atoms with Gasteiger partial charge in [0.25, 0.3) is 0 Å². The van der Waals surface area contributed by atoms with Crippen molar-refractivity contribution >= 4 is 5.91 Å². The molecule has 1 amide bonds. The molecule has 1 rings (SSSR count). The number of alkyl halides is 3. The van der Waals surface area contributed by atoms with Crippen LogP contribution in [0.5, 0.6) is 0 Å². The Balaban J connectivity index is 2.24. The van der Waals surface area contributed by atoms with Crippen molar-refractivity contribution in [1.29, 1.82) is 0 Å². The van der Waals surface area contributed by atoms with Crippen molar-refractivity contribution in [2.75, 3.05) is 19.8 Å². The zero-order chi connectivity index (χ0) is 13.6. The lowest BCUT2D eigenvalue weighted by molar-refractivity contribution is -0.175. The van der Waals surface area contributed by atoms with Crippen molar-refractivity contribution in [3.8, 4) is 0 Å². The summed E-state index contributed by atoms with van der Waals surface area (Å²) in [4.78, 5) is 11.4. The van der Waals surface area contributed by atoms with Crippen molar-refractivity contribution < 1.29 is 22.7 Å². The van der Waals surface area contributed by atoms with E-state index >= 15 is 0 Å². The molecule has 0 saturated heterocycles. The number of carbonyl (C=O) groups is 1. The van der Waals surface area contributed by atoms with Crippen molar-refractivity contribution in [3.05, 3.63) is 0 Å². The summed E-state index contributed by atoms with van der Waals surface area (Å²) >= 11 is 0. The number of halogens is 3. The smallest absolute Gasteiger partial charge is 0.362 e. The van der Waals surface area contributed by atoms with Crippen LogP contribution in [0.1, 0.15) is 25.7 Å². The van der Waals surface area contributed by atoms with E-state index in [1.165, 1.54) is 0 Å². The fourth-order valence-corrected chi connectivity index (χ4v) is 2.24. The first-order valence-corrected chi connectivity index (χ1v) is 6.06. The van der Waals surface area contributed by atoms with E-state index in [0.29, 0.717) is 12.5 Å². The van der Waals surface area contributed by atoms with E-state index in [-0.39, 0.29) is 6.04 Å². The minimum absolute atomic E-state index is 0.158. The number of ether oxygens (including phenoxy) is 1. The van der Waals surface area contributed by atoms with Gasteiger partial charge in [0.05, 0.1) is 0 Å². The summed E-state index contributed by atoms with van der Waals surface area (Å²) < 4.78 is 39.7. The molecule has 0 heterocycles. The highest BCUT2D eigenvalue weighted by Crippen LogP contribution is 2.27. The van der Waals surface area contributed by atoms with Gasteiger partial charge in [0.1, 0.15) is 13.2 Å². The van der Waals surface area contributed by atoms with E-state index in [9.17, 15) is 18.0 Å². The highest BCUT2D eigenvalue weighted by Gasteiger charge is 2.29. The number of rotatable bonds is 6. The third-order valence-corrected chi connectivity index (χ3v) is 3.07. The Morgan fingerprint density at radius 1 is 1.39 bits per heavy atom. The summed E-state index contributed by atoms with van der Waals surface area (Å²) in [5, 5.41) is 2.64. The molecule has 0 spiro atoms. The molecule has 0 aromatic carbocycles. The molecule has 0 aliphatic heterocycles. The lowest BCUT2D eigenvalue weighted by Gasteiger charge is -2.23. The van der Waals surface area contributed by atoms with Crippen LogP contribution in [0.4, 0.5) is 13.2 Å². The van der Waals surface area contributed by atoms with Crippen LogP contribution < -0.4 is 11.1 Å². The first-order valence-electron chi connectivity index (χ1n) is 6.06. The molecule has 1 unspecified atom stereocenters. The van der Waals surface area contributed by atoms with E-state index in [0.717, 1.165) is 25.7 Å². The van der Waals surface area contributed by atoms with Crippen LogP contribution in [0, 0.1) is 5.92 Å². The van der Waals surface area contributed by atoms with Gasteiger partial charge in [0.2, 0.25) is 5.91 Å². The Kier molecular flexibility index (Phi) is 5.87. The van der Waals surface area contributed by atoms with Gasteiger partial charge in [-0.1, -0.05) is 12.8 Å². The molecule has 3 N–H and O–H groups in total. The van der Waals surface area contributed by atoms with Crippen molar-refractivity contribution in [2.24, 2.45) is 11.7 Å². The second kappa shape index (κ2) is 6.94. The third-order valence-electron chi connectivity index (χ3n) is 3.07. The maximum absolute atomic E-state index is 11.8. The summed E-state index contributed by atoms with van der Waals surface area (Å²) in [6, 6.07) is -0.158. The zero-order valence-electron chi connectivity index (χ0n) is 10.1. The van der Waals surface area contributed by atoms with E-state index in [4.69, 9.17) is 5.73 Å². The average molecular weight is 268 g/mol. The minimum Gasteiger partial charge on any atom is -0.362 e. The van der Waals surface area contributed by atoms with Gasteiger partial charge in [-0.15, -0.1) is 0 Å². The average Bonchev–Trinajstić information content (AvgIpc) is 2.77. The summed E-state index contributed by atoms with van der Waals surface area (Å²) in [7, 11) is 0. The molecule has 106 valence electrons. The van der Waals surface area contributed by atoms with Crippen LogP contribution in [0.25, 0.3) is 0 Å². The molecule has 4 nitrogen and oxygen atoms in total. The molecule has 1 fully saturated rings. The summed E-state index contributed by atoms with van der Waals surface area (Å²) in [6.45, 7) is -1.68. The van der Waals surface area contributed by atoms with Crippen LogP contribution >= 0.6 is 0 Å². The van der Waals surface area contributed by atoms with Crippen LogP contribution in [0.2, 0.25) is 0 Å². The van der Waals surface area contributed by atoms with Crippen LogP contribution in [0.15, 0.2) is 0 Å². The van der Waals surface area contributed by atoms with Gasteiger partial charge >= 0.3 is 6.18 Å². The molecule has 0 aromatic heterocycles. The van der Waals surface area contributed by atoms with Gasteiger partial charge < -0.3 is 15.8 Å². The maximum Gasteiger partial charge on any atom is 0.411 e. The molecule has 1 atom stereocenters. The lowest BCUT2D eigenvalue weighted by atomic mass is 9.98. The monoisotopic (exact) mass is 268 g/mol. The van der Waals surface area contributed by atoms with E-state index in [1.807, 2.05) is 0 Å². The number of carbonyl (C=O) groups excluding carboxylic acids is 1. The Morgan fingerprint density at radius 2 is 2.00 bits per heavy atom. The Hall–Kier alpha value is -0.820. The quantitative estimate of drug-likeness (QED) is 0.760. The van der Waals surface area contributed by atoms with Gasteiger partial charge in [0, 0.05) is 12.6 Å². The van der Waals surface area contributed by atoms with Gasteiger partial charge in [-0.3, -0.25) is 4.79 Å². The fourth-order valence-electron chi connectivity index (χ4n) is 2.24. The number of nitrogens with two attached hydrogens (primary N) is 1. The molecular formula is C11H19F3N2O2. The zero-order valence-corrected chi connectivity index (χ0v) is 10.1. The molecule has 18 heavy (non-hydrogen) atoms. The normalized spacial score (nSPS) is 18.9. The summed E-state index contributed by atoms with van der Waals surface area (Å²) in [5.74, 6) is -0.205. The van der Waals surface area contributed by atoms with E-state index in [2.05, 4.69) is 10.1 Å². The second-order valence-corrected chi connectivity index (χ2v) is 4.56. The Bertz CT molecular complexity index is 266.